The fraction of sp³-hybridized carbons (Fsp3) is 0.417. The second-order valence-corrected chi connectivity index (χ2v) is 6.40. The van der Waals surface area contributed by atoms with E-state index >= 15 is 0 Å². The van der Waals surface area contributed by atoms with E-state index in [1.165, 1.54) is 12.1 Å². The van der Waals surface area contributed by atoms with Gasteiger partial charge in [0.05, 0.1) is 17.3 Å². The minimum atomic E-state index is -3.45. The predicted octanol–water partition coefficient (Wildman–Crippen LogP) is 0.829. The van der Waals surface area contributed by atoms with E-state index in [2.05, 4.69) is 4.74 Å². The third kappa shape index (κ3) is 2.26. The Balaban J connectivity index is 2.46. The van der Waals surface area contributed by atoms with Crippen LogP contribution in [0.25, 0.3) is 0 Å². The van der Waals surface area contributed by atoms with Gasteiger partial charge in [0.25, 0.3) is 0 Å². The van der Waals surface area contributed by atoms with Crippen molar-refractivity contribution in [2.24, 2.45) is 0 Å². The van der Waals surface area contributed by atoms with Gasteiger partial charge >= 0.3 is 5.97 Å². The molecule has 5 nitrogen and oxygen atoms in total. The Hall–Kier alpha value is -1.40. The second-order valence-electron chi connectivity index (χ2n) is 4.21. The maximum atomic E-state index is 12.2. The van der Waals surface area contributed by atoms with Crippen LogP contribution < -0.4 is 0 Å². The van der Waals surface area contributed by atoms with Gasteiger partial charge in [0.1, 0.15) is 0 Å². The molecule has 0 aliphatic heterocycles. The standard InChI is InChI=1S/C12H14O5S/c1-17-12(14)11(13)9-4-2-3-5-10(9)18(15,16)8-6-7-8/h2-5,8,11,13H,6-7H2,1H3. The molecule has 0 heterocycles. The highest BCUT2D eigenvalue weighted by molar-refractivity contribution is 7.92. The van der Waals surface area contributed by atoms with E-state index in [0.717, 1.165) is 7.11 Å². The van der Waals surface area contributed by atoms with Gasteiger partial charge in [-0.25, -0.2) is 13.2 Å². The van der Waals surface area contributed by atoms with Crippen LogP contribution in [0, 0.1) is 0 Å². The maximum absolute atomic E-state index is 12.2. The van der Waals surface area contributed by atoms with Crippen LogP contribution in [0.5, 0.6) is 0 Å². The number of esters is 1. The van der Waals surface area contributed by atoms with Crippen molar-refractivity contribution >= 4 is 15.8 Å². The molecule has 0 spiro atoms. The van der Waals surface area contributed by atoms with E-state index in [1.807, 2.05) is 0 Å². The van der Waals surface area contributed by atoms with Crippen LogP contribution >= 0.6 is 0 Å². The van der Waals surface area contributed by atoms with Crippen LogP contribution in [0.4, 0.5) is 0 Å². The number of hydrogen-bond acceptors (Lipinski definition) is 5. The Labute approximate surface area is 105 Å². The fourth-order valence-corrected chi connectivity index (χ4v) is 3.65. The summed E-state index contributed by atoms with van der Waals surface area (Å²) in [5, 5.41) is 9.41. The van der Waals surface area contributed by atoms with Crippen LogP contribution in [0.15, 0.2) is 29.2 Å². The highest BCUT2D eigenvalue weighted by Gasteiger charge is 2.39. The molecule has 0 amide bonds. The second kappa shape index (κ2) is 4.70. The molecule has 0 bridgehead atoms. The lowest BCUT2D eigenvalue weighted by molar-refractivity contribution is -0.150. The van der Waals surface area contributed by atoms with Gasteiger partial charge in [0.2, 0.25) is 0 Å². The first-order valence-corrected chi connectivity index (χ1v) is 7.12. The average Bonchev–Trinajstić information content (AvgIpc) is 3.21. The summed E-state index contributed by atoms with van der Waals surface area (Å²) in [4.78, 5) is 11.3. The van der Waals surface area contributed by atoms with Crippen molar-refractivity contribution in [2.75, 3.05) is 7.11 Å². The topological polar surface area (TPSA) is 80.7 Å². The molecule has 1 aromatic rings. The lowest BCUT2D eigenvalue weighted by Crippen LogP contribution is -2.18. The quantitative estimate of drug-likeness (QED) is 0.820. The van der Waals surface area contributed by atoms with Gasteiger partial charge in [0, 0.05) is 5.56 Å². The molecule has 18 heavy (non-hydrogen) atoms. The fourth-order valence-electron chi connectivity index (χ4n) is 1.76. The molecule has 1 aliphatic carbocycles. The van der Waals surface area contributed by atoms with Crippen molar-refractivity contribution in [3.05, 3.63) is 29.8 Å². The number of carbonyl (C=O) groups is 1. The number of benzene rings is 1. The van der Waals surface area contributed by atoms with E-state index in [1.54, 1.807) is 12.1 Å². The molecule has 0 aromatic heterocycles. The van der Waals surface area contributed by atoms with Gasteiger partial charge in [-0.05, 0) is 18.9 Å². The van der Waals surface area contributed by atoms with Crippen molar-refractivity contribution in [1.82, 2.24) is 0 Å². The summed E-state index contributed by atoms with van der Waals surface area (Å²) >= 11 is 0. The Morgan fingerprint density at radius 1 is 1.39 bits per heavy atom. The number of aliphatic hydroxyl groups excluding tert-OH is 1. The lowest BCUT2D eigenvalue weighted by atomic mass is 10.1. The smallest absolute Gasteiger partial charge is 0.339 e. The molecule has 98 valence electrons. The molecule has 0 radical (unpaired) electrons. The zero-order valence-electron chi connectivity index (χ0n) is 9.87. The number of carbonyl (C=O) groups excluding carboxylic acids is 1. The van der Waals surface area contributed by atoms with Crippen LogP contribution in [0.2, 0.25) is 0 Å². The van der Waals surface area contributed by atoms with E-state index in [-0.39, 0.29) is 15.7 Å². The summed E-state index contributed by atoms with van der Waals surface area (Å²) in [6.07, 6.45) is -0.310. The maximum Gasteiger partial charge on any atom is 0.339 e. The lowest BCUT2D eigenvalue weighted by Gasteiger charge is -2.13. The van der Waals surface area contributed by atoms with Crippen molar-refractivity contribution in [3.63, 3.8) is 0 Å². The zero-order chi connectivity index (χ0) is 13.3. The van der Waals surface area contributed by atoms with Crippen molar-refractivity contribution in [1.29, 1.82) is 0 Å². The molecule has 1 unspecified atom stereocenters. The van der Waals surface area contributed by atoms with Crippen LogP contribution in [-0.4, -0.2) is 31.9 Å². The molecule has 1 aliphatic rings. The van der Waals surface area contributed by atoms with Gasteiger partial charge in [-0.2, -0.15) is 0 Å². The minimum Gasteiger partial charge on any atom is -0.467 e. The molecule has 1 N–H and O–H groups in total. The van der Waals surface area contributed by atoms with Crippen LogP contribution in [0.3, 0.4) is 0 Å². The number of methoxy groups -OCH3 is 1. The number of ether oxygens (including phenoxy) is 1. The first-order chi connectivity index (χ1) is 8.48. The van der Waals surface area contributed by atoms with Gasteiger partial charge in [-0.1, -0.05) is 18.2 Å². The zero-order valence-corrected chi connectivity index (χ0v) is 10.7. The van der Waals surface area contributed by atoms with Crippen molar-refractivity contribution in [2.45, 2.75) is 29.1 Å². The normalized spacial score (nSPS) is 17.2. The highest BCUT2D eigenvalue weighted by atomic mass is 32.2. The highest BCUT2D eigenvalue weighted by Crippen LogP contribution is 2.36. The van der Waals surface area contributed by atoms with E-state index in [4.69, 9.17) is 0 Å². The summed E-state index contributed by atoms with van der Waals surface area (Å²) in [5.74, 6) is -0.867. The Kier molecular flexibility index (Phi) is 3.41. The number of hydrogen-bond donors (Lipinski definition) is 1. The third-order valence-corrected chi connectivity index (χ3v) is 5.24. The molecular formula is C12H14O5S. The van der Waals surface area contributed by atoms with Gasteiger partial charge in [-0.3, -0.25) is 0 Å². The summed E-state index contributed by atoms with van der Waals surface area (Å²) in [7, 11) is -2.31. The van der Waals surface area contributed by atoms with Gasteiger partial charge in [0.15, 0.2) is 15.9 Å². The first-order valence-electron chi connectivity index (χ1n) is 5.57. The predicted molar refractivity (Wildman–Crippen MR) is 63.6 cm³/mol. The largest absolute Gasteiger partial charge is 0.467 e. The molecule has 2 rings (SSSR count). The van der Waals surface area contributed by atoms with E-state index in [9.17, 15) is 18.3 Å². The SMILES string of the molecule is COC(=O)C(O)c1ccccc1S(=O)(=O)C1CC1. The molecule has 1 fully saturated rings. The van der Waals surface area contributed by atoms with Crippen LogP contribution in [-0.2, 0) is 19.4 Å². The number of rotatable bonds is 4. The number of sulfone groups is 1. The summed E-state index contributed by atoms with van der Waals surface area (Å²) in [6, 6.07) is 5.99. The Morgan fingerprint density at radius 3 is 2.56 bits per heavy atom. The summed E-state index contributed by atoms with van der Waals surface area (Å²) < 4.78 is 28.8. The monoisotopic (exact) mass is 270 g/mol. The van der Waals surface area contributed by atoms with Gasteiger partial charge < -0.3 is 9.84 Å². The third-order valence-electron chi connectivity index (χ3n) is 2.91. The van der Waals surface area contributed by atoms with Crippen molar-refractivity contribution < 1.29 is 23.1 Å². The molecule has 1 aromatic carbocycles. The summed E-state index contributed by atoms with van der Waals surface area (Å²) in [5.41, 5.74) is 0.0799. The van der Waals surface area contributed by atoms with Crippen molar-refractivity contribution in [3.8, 4) is 0 Å². The van der Waals surface area contributed by atoms with E-state index < -0.39 is 21.9 Å². The molecule has 0 saturated heterocycles. The first kappa shape index (κ1) is 13.0. The molecule has 1 saturated carbocycles. The Bertz CT molecular complexity index is 560. The summed E-state index contributed by atoms with van der Waals surface area (Å²) in [6.45, 7) is 0. The van der Waals surface area contributed by atoms with E-state index in [0.29, 0.717) is 12.8 Å². The minimum absolute atomic E-state index is 0.0189. The number of aliphatic hydroxyl groups is 1. The molecule has 1 atom stereocenters. The Morgan fingerprint density at radius 2 is 2.00 bits per heavy atom. The molecule has 6 heteroatoms. The van der Waals surface area contributed by atoms with Crippen LogP contribution in [0.1, 0.15) is 24.5 Å². The van der Waals surface area contributed by atoms with Gasteiger partial charge in [-0.15, -0.1) is 0 Å². The molecular weight excluding hydrogens is 256 g/mol. The average molecular weight is 270 g/mol.